The van der Waals surface area contributed by atoms with E-state index in [9.17, 15) is 15.2 Å². The number of phenolic OH excluding ortho intramolecular Hbond substituents is 1. The van der Waals surface area contributed by atoms with Gasteiger partial charge in [0.25, 0.3) is 5.69 Å². The number of nitro benzene ring substituents is 1. The number of para-hydroxylation sites is 1. The maximum absolute atomic E-state index is 11.3. The number of nitrogens with zero attached hydrogens (tertiary/aromatic N) is 1. The van der Waals surface area contributed by atoms with Crippen molar-refractivity contribution >= 4 is 11.4 Å². The van der Waals surface area contributed by atoms with Crippen LogP contribution in [0.3, 0.4) is 0 Å². The van der Waals surface area contributed by atoms with E-state index in [1.807, 2.05) is 18.2 Å². The lowest BCUT2D eigenvalue weighted by atomic mass is 9.76. The van der Waals surface area contributed by atoms with Gasteiger partial charge < -0.3 is 10.4 Å². The summed E-state index contributed by atoms with van der Waals surface area (Å²) in [5, 5.41) is 25.0. The third kappa shape index (κ3) is 2.08. The highest BCUT2D eigenvalue weighted by Gasteiger charge is 2.40. The first-order chi connectivity index (χ1) is 11.6. The Bertz CT molecular complexity index is 860. The fraction of sp³-hybridized carbons (Fsp3) is 0.263. The molecular formula is C19H18N2O3. The van der Waals surface area contributed by atoms with Crippen molar-refractivity contribution in [1.82, 2.24) is 0 Å². The van der Waals surface area contributed by atoms with Gasteiger partial charge in [-0.05, 0) is 37.0 Å². The van der Waals surface area contributed by atoms with Crippen LogP contribution in [0.5, 0.6) is 5.75 Å². The summed E-state index contributed by atoms with van der Waals surface area (Å²) in [5.74, 6) is 0.768. The van der Waals surface area contributed by atoms with Crippen LogP contribution in [0, 0.1) is 23.0 Å². The molecule has 5 nitrogen and oxygen atoms in total. The van der Waals surface area contributed by atoms with Crippen molar-refractivity contribution in [3.8, 4) is 5.75 Å². The van der Waals surface area contributed by atoms with Crippen LogP contribution < -0.4 is 5.32 Å². The molecule has 2 aromatic rings. The number of phenols is 1. The van der Waals surface area contributed by atoms with Gasteiger partial charge in [0.2, 0.25) is 0 Å². The van der Waals surface area contributed by atoms with Crippen LogP contribution in [0.2, 0.25) is 0 Å². The smallest absolute Gasteiger partial charge is 0.274 e. The van der Waals surface area contributed by atoms with Crippen LogP contribution in [0.25, 0.3) is 0 Å². The summed E-state index contributed by atoms with van der Waals surface area (Å²) < 4.78 is 0. The van der Waals surface area contributed by atoms with E-state index in [1.54, 1.807) is 25.1 Å². The van der Waals surface area contributed by atoms with E-state index in [1.165, 1.54) is 0 Å². The topological polar surface area (TPSA) is 75.4 Å². The highest BCUT2D eigenvalue weighted by molar-refractivity contribution is 5.69. The van der Waals surface area contributed by atoms with Crippen molar-refractivity contribution in [3.63, 3.8) is 0 Å². The van der Waals surface area contributed by atoms with Gasteiger partial charge >= 0.3 is 0 Å². The number of hydrogen-bond acceptors (Lipinski definition) is 4. The summed E-state index contributed by atoms with van der Waals surface area (Å²) in [5.41, 5.74) is 3.54. The molecule has 3 unspecified atom stereocenters. The highest BCUT2D eigenvalue weighted by atomic mass is 16.6. The molecule has 122 valence electrons. The number of nitrogens with one attached hydrogen (secondary N) is 1. The third-order valence-corrected chi connectivity index (χ3v) is 5.24. The van der Waals surface area contributed by atoms with E-state index in [0.717, 1.165) is 23.2 Å². The zero-order valence-corrected chi connectivity index (χ0v) is 13.3. The number of benzene rings is 2. The number of aromatic hydroxyl groups is 1. The lowest BCUT2D eigenvalue weighted by Crippen LogP contribution is -2.29. The molecule has 0 saturated carbocycles. The van der Waals surface area contributed by atoms with Gasteiger partial charge in [-0.1, -0.05) is 30.4 Å². The summed E-state index contributed by atoms with van der Waals surface area (Å²) in [6.07, 6.45) is 5.27. The molecule has 0 fully saturated rings. The number of anilines is 1. The zero-order valence-electron chi connectivity index (χ0n) is 13.3. The van der Waals surface area contributed by atoms with Crippen LogP contribution in [-0.2, 0) is 0 Å². The molecule has 0 spiro atoms. The van der Waals surface area contributed by atoms with Gasteiger partial charge in [-0.15, -0.1) is 0 Å². The van der Waals surface area contributed by atoms with Crippen LogP contribution in [0.1, 0.15) is 35.1 Å². The minimum atomic E-state index is -0.344. The normalized spacial score (nSPS) is 24.1. The molecule has 2 aromatic carbocycles. The molecule has 1 heterocycles. The predicted molar refractivity (Wildman–Crippen MR) is 92.3 cm³/mol. The fourth-order valence-corrected chi connectivity index (χ4v) is 4.06. The van der Waals surface area contributed by atoms with Gasteiger partial charge in [0.15, 0.2) is 0 Å². The molecule has 1 aliphatic heterocycles. The summed E-state index contributed by atoms with van der Waals surface area (Å²) >= 11 is 0. The van der Waals surface area contributed by atoms with E-state index < -0.39 is 0 Å². The highest BCUT2D eigenvalue weighted by Crippen LogP contribution is 2.52. The Balaban J connectivity index is 1.87. The largest absolute Gasteiger partial charge is 0.508 e. The van der Waals surface area contributed by atoms with Gasteiger partial charge in [0, 0.05) is 23.2 Å². The molecule has 24 heavy (non-hydrogen) atoms. The van der Waals surface area contributed by atoms with Crippen LogP contribution in [0.15, 0.2) is 48.6 Å². The Morgan fingerprint density at radius 2 is 2.00 bits per heavy atom. The lowest BCUT2D eigenvalue weighted by Gasteiger charge is -2.38. The van der Waals surface area contributed by atoms with Crippen molar-refractivity contribution in [2.45, 2.75) is 25.3 Å². The SMILES string of the molecule is Cc1c([N+](=O)[O-])ccc2c1NC(c1ccccc1O)C1CC=CC21. The van der Waals surface area contributed by atoms with Crippen molar-refractivity contribution in [2.75, 3.05) is 5.32 Å². The van der Waals surface area contributed by atoms with Crippen molar-refractivity contribution < 1.29 is 10.0 Å². The minimum absolute atomic E-state index is 0.0700. The molecule has 0 aromatic heterocycles. The number of fused-ring (bicyclic) bond motifs is 3. The lowest BCUT2D eigenvalue weighted by molar-refractivity contribution is -0.385. The monoisotopic (exact) mass is 322 g/mol. The maximum Gasteiger partial charge on any atom is 0.274 e. The first-order valence-electron chi connectivity index (χ1n) is 8.07. The second-order valence-corrected chi connectivity index (χ2v) is 6.47. The first kappa shape index (κ1) is 14.8. The Kier molecular flexibility index (Phi) is 3.30. The number of nitro groups is 1. The minimum Gasteiger partial charge on any atom is -0.508 e. The standard InChI is InChI=1S/C19H18N2O3/c1-11-16(21(23)24)10-9-14-12-6-4-7-13(12)19(20-18(11)14)15-5-2-3-8-17(15)22/h2-6,8-10,12-13,19-20,22H,7H2,1H3. The van der Waals surface area contributed by atoms with Crippen LogP contribution in [0.4, 0.5) is 11.4 Å². The summed E-state index contributed by atoms with van der Waals surface area (Å²) in [7, 11) is 0. The first-order valence-corrected chi connectivity index (χ1v) is 8.07. The third-order valence-electron chi connectivity index (χ3n) is 5.24. The number of hydrogen-bond donors (Lipinski definition) is 2. The molecule has 0 amide bonds. The second-order valence-electron chi connectivity index (χ2n) is 6.47. The molecule has 2 aliphatic rings. The summed E-state index contributed by atoms with van der Waals surface area (Å²) in [4.78, 5) is 10.9. The van der Waals surface area contributed by atoms with E-state index in [2.05, 4.69) is 17.5 Å². The maximum atomic E-state index is 11.3. The quantitative estimate of drug-likeness (QED) is 0.487. The summed E-state index contributed by atoms with van der Waals surface area (Å²) in [6, 6.07) is 10.7. The van der Waals surface area contributed by atoms with Gasteiger partial charge in [-0.3, -0.25) is 10.1 Å². The van der Waals surface area contributed by atoms with Gasteiger partial charge in [-0.25, -0.2) is 0 Å². The Labute approximate surface area is 139 Å². The van der Waals surface area contributed by atoms with Gasteiger partial charge in [0.05, 0.1) is 16.5 Å². The molecule has 0 bridgehead atoms. The predicted octanol–water partition coefficient (Wildman–Crippen LogP) is 4.44. The van der Waals surface area contributed by atoms with Crippen molar-refractivity contribution in [1.29, 1.82) is 0 Å². The molecule has 0 saturated heterocycles. The molecule has 5 heteroatoms. The molecular weight excluding hydrogens is 304 g/mol. The average molecular weight is 322 g/mol. The molecule has 2 N–H and O–H groups in total. The molecule has 3 atom stereocenters. The Hall–Kier alpha value is -2.82. The van der Waals surface area contributed by atoms with E-state index in [0.29, 0.717) is 11.5 Å². The average Bonchev–Trinajstić information content (AvgIpc) is 3.05. The fourth-order valence-electron chi connectivity index (χ4n) is 4.06. The van der Waals surface area contributed by atoms with Crippen LogP contribution >= 0.6 is 0 Å². The van der Waals surface area contributed by atoms with Crippen molar-refractivity contribution in [3.05, 3.63) is 75.4 Å². The van der Waals surface area contributed by atoms with E-state index in [4.69, 9.17) is 0 Å². The number of allylic oxidation sites excluding steroid dienone is 2. The van der Waals surface area contributed by atoms with Gasteiger partial charge in [0.1, 0.15) is 5.75 Å². The molecule has 1 aliphatic carbocycles. The molecule has 4 rings (SSSR count). The molecule has 0 radical (unpaired) electrons. The van der Waals surface area contributed by atoms with E-state index >= 15 is 0 Å². The Morgan fingerprint density at radius 3 is 2.75 bits per heavy atom. The van der Waals surface area contributed by atoms with Crippen molar-refractivity contribution in [2.24, 2.45) is 5.92 Å². The Morgan fingerprint density at radius 1 is 1.21 bits per heavy atom. The zero-order chi connectivity index (χ0) is 16.8. The number of rotatable bonds is 2. The summed E-state index contributed by atoms with van der Waals surface area (Å²) in [6.45, 7) is 1.78. The second kappa shape index (κ2) is 5.37. The van der Waals surface area contributed by atoms with Crippen LogP contribution in [-0.4, -0.2) is 10.0 Å². The van der Waals surface area contributed by atoms with E-state index in [-0.39, 0.29) is 28.3 Å². The van der Waals surface area contributed by atoms with Gasteiger partial charge in [-0.2, -0.15) is 0 Å².